The molecule has 0 heterocycles. The molecule has 0 bridgehead atoms. The zero-order valence-electron chi connectivity index (χ0n) is 10.8. The van der Waals surface area contributed by atoms with Crippen LogP contribution in [-0.2, 0) is 16.6 Å². The van der Waals surface area contributed by atoms with Gasteiger partial charge in [0.15, 0.2) is 0 Å². The summed E-state index contributed by atoms with van der Waals surface area (Å²) in [6.45, 7) is 1.81. The fourth-order valence-corrected chi connectivity index (χ4v) is 2.53. The van der Waals surface area contributed by atoms with E-state index < -0.39 is 14.9 Å². The van der Waals surface area contributed by atoms with Crippen LogP contribution in [0.2, 0.25) is 0 Å². The number of hydrogen-bond acceptors (Lipinski definition) is 4. The van der Waals surface area contributed by atoms with Gasteiger partial charge in [0.25, 0.3) is 5.69 Å². The van der Waals surface area contributed by atoms with Crippen molar-refractivity contribution < 1.29 is 13.3 Å². The first-order valence-electron chi connectivity index (χ1n) is 6.00. The highest BCUT2D eigenvalue weighted by Gasteiger charge is 2.28. The first kappa shape index (κ1) is 14.0. The molecule has 7 heteroatoms. The summed E-state index contributed by atoms with van der Waals surface area (Å²) in [6.07, 6.45) is 3.23. The maximum Gasteiger partial charge on any atom is 0.274 e. The Morgan fingerprint density at radius 2 is 2.05 bits per heavy atom. The van der Waals surface area contributed by atoms with Gasteiger partial charge in [-0.05, 0) is 42.9 Å². The number of sulfonamides is 1. The SMILES string of the molecule is Cc1cc([N+](=O)[O-])c(CNS(C)(=O)=O)cc1C1CC1. The van der Waals surface area contributed by atoms with Crippen molar-refractivity contribution in [1.29, 1.82) is 0 Å². The van der Waals surface area contributed by atoms with E-state index in [0.717, 1.165) is 30.2 Å². The van der Waals surface area contributed by atoms with Crippen LogP contribution in [0.5, 0.6) is 0 Å². The Morgan fingerprint density at radius 3 is 2.53 bits per heavy atom. The molecule has 0 unspecified atom stereocenters. The van der Waals surface area contributed by atoms with Crippen LogP contribution in [0, 0.1) is 17.0 Å². The van der Waals surface area contributed by atoms with Crippen LogP contribution in [-0.4, -0.2) is 19.6 Å². The number of nitrogens with one attached hydrogen (secondary N) is 1. The molecule has 1 fully saturated rings. The summed E-state index contributed by atoms with van der Waals surface area (Å²) in [5, 5.41) is 11.0. The zero-order valence-corrected chi connectivity index (χ0v) is 11.7. The quantitative estimate of drug-likeness (QED) is 0.659. The normalized spacial score (nSPS) is 15.5. The summed E-state index contributed by atoms with van der Waals surface area (Å²) < 4.78 is 24.5. The molecular formula is C12H16N2O4S. The lowest BCUT2D eigenvalue weighted by Gasteiger charge is -2.09. The van der Waals surface area contributed by atoms with Gasteiger partial charge in [0.1, 0.15) is 0 Å². The summed E-state index contributed by atoms with van der Waals surface area (Å²) >= 11 is 0. The summed E-state index contributed by atoms with van der Waals surface area (Å²) in [5.74, 6) is 0.470. The van der Waals surface area contributed by atoms with E-state index >= 15 is 0 Å². The molecule has 19 heavy (non-hydrogen) atoms. The first-order valence-corrected chi connectivity index (χ1v) is 7.89. The maximum atomic E-state index is 11.1. The number of nitro benzene ring substituents is 1. The van der Waals surface area contributed by atoms with Gasteiger partial charge < -0.3 is 0 Å². The summed E-state index contributed by atoms with van der Waals surface area (Å²) in [6, 6.07) is 3.30. The van der Waals surface area contributed by atoms with Crippen LogP contribution in [0.4, 0.5) is 5.69 Å². The zero-order chi connectivity index (χ0) is 14.2. The third kappa shape index (κ3) is 3.51. The number of nitro groups is 1. The van der Waals surface area contributed by atoms with E-state index in [9.17, 15) is 18.5 Å². The Hall–Kier alpha value is -1.47. The van der Waals surface area contributed by atoms with E-state index in [1.54, 1.807) is 6.07 Å². The van der Waals surface area contributed by atoms with Crippen molar-refractivity contribution in [2.45, 2.75) is 32.2 Å². The molecule has 1 aromatic rings. The third-order valence-electron chi connectivity index (χ3n) is 3.21. The molecule has 0 aromatic heterocycles. The van der Waals surface area contributed by atoms with Gasteiger partial charge in [0.05, 0.1) is 11.2 Å². The lowest BCUT2D eigenvalue weighted by molar-refractivity contribution is -0.385. The van der Waals surface area contributed by atoms with E-state index in [2.05, 4.69) is 4.72 Å². The predicted molar refractivity (Wildman–Crippen MR) is 71.5 cm³/mol. The standard InChI is InChI=1S/C12H16N2O4S/c1-8-5-12(14(15)16)10(7-13-19(2,17)18)6-11(8)9-3-4-9/h5-6,9,13H,3-4,7H2,1-2H3. The molecule has 6 nitrogen and oxygen atoms in total. The monoisotopic (exact) mass is 284 g/mol. The molecule has 0 spiro atoms. The third-order valence-corrected chi connectivity index (χ3v) is 3.87. The summed E-state index contributed by atoms with van der Waals surface area (Å²) in [7, 11) is -3.36. The molecule has 1 aliphatic rings. The van der Waals surface area contributed by atoms with Gasteiger partial charge in [0, 0.05) is 18.2 Å². The Bertz CT molecular complexity index is 621. The molecule has 104 valence electrons. The molecule has 1 aromatic carbocycles. The minimum Gasteiger partial charge on any atom is -0.258 e. The van der Waals surface area contributed by atoms with Crippen LogP contribution in [0.3, 0.4) is 0 Å². The van der Waals surface area contributed by atoms with Gasteiger partial charge in [-0.1, -0.05) is 0 Å². The van der Waals surface area contributed by atoms with Crippen LogP contribution in [0.1, 0.15) is 35.4 Å². The number of rotatable bonds is 5. The number of nitrogens with zero attached hydrogens (tertiary/aromatic N) is 1. The van der Waals surface area contributed by atoms with Crippen LogP contribution in [0.25, 0.3) is 0 Å². The molecular weight excluding hydrogens is 268 g/mol. The van der Waals surface area contributed by atoms with Gasteiger partial charge in [-0.25, -0.2) is 13.1 Å². The molecule has 0 amide bonds. The Labute approximate surface area is 112 Å². The highest BCUT2D eigenvalue weighted by Crippen LogP contribution is 2.43. The Morgan fingerprint density at radius 1 is 1.42 bits per heavy atom. The minimum atomic E-state index is -3.36. The van der Waals surface area contributed by atoms with Gasteiger partial charge in [-0.2, -0.15) is 0 Å². The van der Waals surface area contributed by atoms with Gasteiger partial charge >= 0.3 is 0 Å². The van der Waals surface area contributed by atoms with E-state index in [1.807, 2.05) is 6.92 Å². The summed E-state index contributed by atoms with van der Waals surface area (Å²) in [4.78, 5) is 10.6. The maximum absolute atomic E-state index is 11.1. The second kappa shape index (κ2) is 4.90. The average Bonchev–Trinajstić information content (AvgIpc) is 3.09. The molecule has 0 aliphatic heterocycles. The van der Waals surface area contributed by atoms with Gasteiger partial charge in [0.2, 0.25) is 10.0 Å². The fraction of sp³-hybridized carbons (Fsp3) is 0.500. The lowest BCUT2D eigenvalue weighted by Crippen LogP contribution is -2.22. The number of hydrogen-bond donors (Lipinski definition) is 1. The molecule has 0 saturated heterocycles. The average molecular weight is 284 g/mol. The van der Waals surface area contributed by atoms with Gasteiger partial charge in [-0.3, -0.25) is 10.1 Å². The van der Waals surface area contributed by atoms with Crippen molar-refractivity contribution in [3.63, 3.8) is 0 Å². The van der Waals surface area contributed by atoms with Crippen LogP contribution < -0.4 is 4.72 Å². The van der Waals surface area contributed by atoms with Crippen molar-refractivity contribution in [3.8, 4) is 0 Å². The predicted octanol–water partition coefficient (Wildman–Crippen LogP) is 1.83. The van der Waals surface area contributed by atoms with Crippen molar-refractivity contribution in [2.24, 2.45) is 0 Å². The first-order chi connectivity index (χ1) is 8.78. The second-order valence-electron chi connectivity index (χ2n) is 4.96. The smallest absolute Gasteiger partial charge is 0.258 e. The van der Waals surface area contributed by atoms with E-state index in [1.165, 1.54) is 6.07 Å². The number of aryl methyl sites for hydroxylation is 1. The Balaban J connectivity index is 2.37. The summed E-state index contributed by atoms with van der Waals surface area (Å²) in [5.41, 5.74) is 2.38. The van der Waals surface area contributed by atoms with Crippen LogP contribution >= 0.6 is 0 Å². The second-order valence-corrected chi connectivity index (χ2v) is 6.80. The minimum absolute atomic E-state index is 0.0296. The highest BCUT2D eigenvalue weighted by molar-refractivity contribution is 7.88. The molecule has 0 atom stereocenters. The topological polar surface area (TPSA) is 89.3 Å². The van der Waals surface area contributed by atoms with Crippen molar-refractivity contribution in [1.82, 2.24) is 4.72 Å². The van der Waals surface area contributed by atoms with E-state index in [-0.39, 0.29) is 12.2 Å². The molecule has 1 aliphatic carbocycles. The van der Waals surface area contributed by atoms with Crippen molar-refractivity contribution in [2.75, 3.05) is 6.26 Å². The number of benzene rings is 1. The van der Waals surface area contributed by atoms with Crippen LogP contribution in [0.15, 0.2) is 12.1 Å². The van der Waals surface area contributed by atoms with Gasteiger partial charge in [-0.15, -0.1) is 0 Å². The van der Waals surface area contributed by atoms with Crippen molar-refractivity contribution >= 4 is 15.7 Å². The fourth-order valence-electron chi connectivity index (χ4n) is 2.11. The molecule has 0 radical (unpaired) electrons. The molecule has 1 N–H and O–H groups in total. The molecule has 2 rings (SSSR count). The Kier molecular flexibility index (Phi) is 3.60. The molecule has 1 saturated carbocycles. The highest BCUT2D eigenvalue weighted by atomic mass is 32.2. The lowest BCUT2D eigenvalue weighted by atomic mass is 9.99. The van der Waals surface area contributed by atoms with E-state index in [4.69, 9.17) is 0 Å². The largest absolute Gasteiger partial charge is 0.274 e. The van der Waals surface area contributed by atoms with E-state index in [0.29, 0.717) is 11.5 Å². The van der Waals surface area contributed by atoms with Crippen molar-refractivity contribution in [3.05, 3.63) is 38.9 Å².